The summed E-state index contributed by atoms with van der Waals surface area (Å²) < 4.78 is 12.0. The summed E-state index contributed by atoms with van der Waals surface area (Å²) in [5.74, 6) is 1.52. The van der Waals surface area contributed by atoms with Crippen LogP contribution in [0.5, 0.6) is 5.75 Å². The Hall–Kier alpha value is -3.34. The number of ether oxygens (including phenoxy) is 1. The lowest BCUT2D eigenvalue weighted by molar-refractivity contribution is -0.136. The second-order valence-electron chi connectivity index (χ2n) is 7.95. The van der Waals surface area contributed by atoms with E-state index in [1.54, 1.807) is 0 Å². The Kier molecular flexibility index (Phi) is 6.21. The van der Waals surface area contributed by atoms with E-state index in [-0.39, 0.29) is 6.42 Å². The fourth-order valence-electron chi connectivity index (χ4n) is 4.01. The summed E-state index contributed by atoms with van der Waals surface area (Å²) in [7, 11) is 0. The van der Waals surface area contributed by atoms with Gasteiger partial charge in [0.25, 0.3) is 0 Å². The number of carboxylic acid groups (broad SMARTS) is 1. The van der Waals surface area contributed by atoms with Crippen LogP contribution in [-0.4, -0.2) is 22.7 Å². The quantitative estimate of drug-likeness (QED) is 0.528. The van der Waals surface area contributed by atoms with Crippen LogP contribution in [0.3, 0.4) is 0 Å². The molecule has 0 amide bonds. The van der Waals surface area contributed by atoms with E-state index < -0.39 is 5.97 Å². The largest absolute Gasteiger partial charge is 0.493 e. The predicted molar refractivity (Wildman–Crippen MR) is 120 cm³/mol. The van der Waals surface area contributed by atoms with Gasteiger partial charge in [-0.1, -0.05) is 35.9 Å². The number of carbonyl (C=O) groups is 1. The normalized spacial score (nSPS) is 14.5. The van der Waals surface area contributed by atoms with E-state index in [0.29, 0.717) is 18.9 Å². The number of hydrogen-bond donors (Lipinski definition) is 1. The average Bonchev–Trinajstić information content (AvgIpc) is 3.13. The topological polar surface area (TPSA) is 72.6 Å². The van der Waals surface area contributed by atoms with Gasteiger partial charge in [0.1, 0.15) is 11.5 Å². The van der Waals surface area contributed by atoms with Gasteiger partial charge in [-0.3, -0.25) is 4.79 Å². The minimum absolute atomic E-state index is 0.0502. The molecule has 31 heavy (non-hydrogen) atoms. The van der Waals surface area contributed by atoms with Crippen molar-refractivity contribution in [3.8, 4) is 17.2 Å². The molecule has 0 fully saturated rings. The lowest BCUT2D eigenvalue weighted by Gasteiger charge is -2.22. The van der Waals surface area contributed by atoms with Gasteiger partial charge in [-0.25, -0.2) is 4.98 Å². The number of oxazole rings is 1. The molecule has 0 radical (unpaired) electrons. The Morgan fingerprint density at radius 2 is 1.97 bits per heavy atom. The monoisotopic (exact) mass is 417 g/mol. The zero-order valence-electron chi connectivity index (χ0n) is 18.0. The lowest BCUT2D eigenvalue weighted by Crippen LogP contribution is -2.09. The Morgan fingerprint density at radius 3 is 2.74 bits per heavy atom. The molecule has 1 N–H and O–H groups in total. The number of rotatable bonds is 7. The molecule has 1 heterocycles. The molecule has 0 saturated heterocycles. The number of carboxylic acids is 1. The molecule has 3 aromatic rings. The van der Waals surface area contributed by atoms with Gasteiger partial charge in [-0.15, -0.1) is 0 Å². The molecule has 2 aromatic carbocycles. The molecule has 0 saturated carbocycles. The van der Waals surface area contributed by atoms with E-state index in [1.165, 1.54) is 11.1 Å². The Bertz CT molecular complexity index is 1110. The summed E-state index contributed by atoms with van der Waals surface area (Å²) in [5, 5.41) is 9.00. The molecule has 0 bridgehead atoms. The Morgan fingerprint density at radius 1 is 1.16 bits per heavy atom. The highest BCUT2D eigenvalue weighted by atomic mass is 16.5. The highest BCUT2D eigenvalue weighted by molar-refractivity contribution is 5.77. The molecule has 1 aromatic heterocycles. The van der Waals surface area contributed by atoms with Crippen molar-refractivity contribution >= 4 is 11.5 Å². The Balaban J connectivity index is 1.45. The third kappa shape index (κ3) is 4.88. The van der Waals surface area contributed by atoms with Crippen molar-refractivity contribution in [2.24, 2.45) is 0 Å². The first-order valence-corrected chi connectivity index (χ1v) is 10.7. The van der Waals surface area contributed by atoms with E-state index >= 15 is 0 Å². The molecule has 5 heteroatoms. The summed E-state index contributed by atoms with van der Waals surface area (Å²) in [5.41, 5.74) is 6.46. The van der Waals surface area contributed by atoms with Crippen LogP contribution in [-0.2, 0) is 17.6 Å². The number of nitrogens with zero attached hydrogens (tertiary/aromatic N) is 1. The lowest BCUT2D eigenvalue weighted by atomic mass is 9.86. The van der Waals surface area contributed by atoms with E-state index in [9.17, 15) is 4.79 Å². The van der Waals surface area contributed by atoms with Crippen molar-refractivity contribution in [3.63, 3.8) is 0 Å². The maximum Gasteiger partial charge on any atom is 0.307 e. The van der Waals surface area contributed by atoms with Gasteiger partial charge in [0.2, 0.25) is 5.89 Å². The highest BCUT2D eigenvalue weighted by Crippen LogP contribution is 2.36. The first-order valence-electron chi connectivity index (χ1n) is 10.7. The maximum absolute atomic E-state index is 10.9. The summed E-state index contributed by atoms with van der Waals surface area (Å²) in [6.07, 6.45) is 5.39. The third-order valence-corrected chi connectivity index (χ3v) is 5.66. The molecule has 1 aliphatic rings. The van der Waals surface area contributed by atoms with Crippen LogP contribution in [0.4, 0.5) is 0 Å². The number of fused-ring (bicyclic) bond motifs is 1. The number of aromatic nitrogens is 1. The molecule has 0 unspecified atom stereocenters. The van der Waals surface area contributed by atoms with Gasteiger partial charge < -0.3 is 14.3 Å². The number of aryl methyl sites for hydroxylation is 2. The van der Waals surface area contributed by atoms with Crippen molar-refractivity contribution in [1.29, 1.82) is 0 Å². The minimum Gasteiger partial charge on any atom is -0.493 e. The molecular formula is C26H27NO4. The van der Waals surface area contributed by atoms with Gasteiger partial charge in [-0.05, 0) is 62.4 Å². The summed E-state index contributed by atoms with van der Waals surface area (Å²) >= 11 is 0. The van der Waals surface area contributed by atoms with Gasteiger partial charge in [0, 0.05) is 17.5 Å². The summed E-state index contributed by atoms with van der Waals surface area (Å²) in [4.78, 5) is 15.6. The zero-order valence-corrected chi connectivity index (χ0v) is 18.0. The Labute approximate surface area is 182 Å². The zero-order chi connectivity index (χ0) is 21.8. The minimum atomic E-state index is -0.806. The first kappa shape index (κ1) is 20.9. The standard InChI is InChI=1S/C26H27NO4/c1-17-9-11-20(12-10-17)26-27-23(18(2)31-26)15-16-30-24-8-4-6-21-19(13-14-25(28)29)5-3-7-22(21)24/h4,6,8-13H,3,5,7,14-16H2,1-2H3,(H,28,29)/b19-13+. The van der Waals surface area contributed by atoms with Gasteiger partial charge >= 0.3 is 5.97 Å². The number of benzene rings is 2. The second kappa shape index (κ2) is 9.21. The van der Waals surface area contributed by atoms with Crippen LogP contribution in [0, 0.1) is 13.8 Å². The second-order valence-corrected chi connectivity index (χ2v) is 7.95. The van der Waals surface area contributed by atoms with Crippen LogP contribution in [0.1, 0.15) is 47.4 Å². The van der Waals surface area contributed by atoms with Gasteiger partial charge in [-0.2, -0.15) is 0 Å². The van der Waals surface area contributed by atoms with Crippen LogP contribution in [0.15, 0.2) is 53.0 Å². The van der Waals surface area contributed by atoms with Crippen molar-refractivity contribution in [2.75, 3.05) is 6.61 Å². The summed E-state index contributed by atoms with van der Waals surface area (Å²) in [6.45, 7) is 4.50. The smallest absolute Gasteiger partial charge is 0.307 e. The van der Waals surface area contributed by atoms with Gasteiger partial charge in [0.05, 0.1) is 18.7 Å². The molecule has 4 rings (SSSR count). The van der Waals surface area contributed by atoms with Crippen molar-refractivity contribution in [3.05, 3.63) is 76.7 Å². The van der Waals surface area contributed by atoms with E-state index in [2.05, 4.69) is 30.1 Å². The van der Waals surface area contributed by atoms with Crippen LogP contribution in [0.2, 0.25) is 0 Å². The predicted octanol–water partition coefficient (Wildman–Crippen LogP) is 5.77. The van der Waals surface area contributed by atoms with Crippen LogP contribution < -0.4 is 4.74 Å². The first-order chi connectivity index (χ1) is 15.0. The van der Waals surface area contributed by atoms with E-state index in [1.807, 2.05) is 37.3 Å². The van der Waals surface area contributed by atoms with Crippen molar-refractivity contribution in [2.45, 2.75) is 46.0 Å². The molecule has 0 spiro atoms. The number of aliphatic carboxylic acids is 1. The summed E-state index contributed by atoms with van der Waals surface area (Å²) in [6, 6.07) is 14.2. The number of hydrogen-bond acceptors (Lipinski definition) is 4. The average molecular weight is 418 g/mol. The molecular weight excluding hydrogens is 390 g/mol. The fourth-order valence-corrected chi connectivity index (χ4v) is 4.01. The molecule has 5 nitrogen and oxygen atoms in total. The van der Waals surface area contributed by atoms with Crippen LogP contribution >= 0.6 is 0 Å². The SMILES string of the molecule is Cc1ccc(-c2nc(CCOc3cccc4c3CCC/C4=C\CC(=O)O)c(C)o2)cc1. The van der Waals surface area contributed by atoms with E-state index in [0.717, 1.165) is 53.2 Å². The molecule has 1 aliphatic carbocycles. The van der Waals surface area contributed by atoms with Gasteiger partial charge in [0.15, 0.2) is 0 Å². The van der Waals surface area contributed by atoms with E-state index in [4.69, 9.17) is 14.3 Å². The van der Waals surface area contributed by atoms with Crippen molar-refractivity contribution in [1.82, 2.24) is 4.98 Å². The van der Waals surface area contributed by atoms with Crippen molar-refractivity contribution < 1.29 is 19.1 Å². The maximum atomic E-state index is 10.9. The van der Waals surface area contributed by atoms with Crippen LogP contribution in [0.25, 0.3) is 17.0 Å². The fraction of sp³-hybridized carbons (Fsp3) is 0.308. The molecule has 0 aliphatic heterocycles. The molecule has 160 valence electrons. The molecule has 0 atom stereocenters. The third-order valence-electron chi connectivity index (χ3n) is 5.66. The highest BCUT2D eigenvalue weighted by Gasteiger charge is 2.18. The number of allylic oxidation sites excluding steroid dienone is 1.